The smallest absolute Gasteiger partial charge is 0.336 e. The molecular weight excluding hydrogens is 168 g/mol. The number of ether oxygens (including phenoxy) is 1. The minimum Gasteiger partial charge on any atom is -0.459 e. The van der Waals surface area contributed by atoms with Crippen LogP contribution in [0.1, 0.15) is 32.6 Å². The quantitative estimate of drug-likeness (QED) is 0.572. The van der Waals surface area contributed by atoms with Crippen LogP contribution in [0.4, 0.5) is 0 Å². The molecule has 0 bridgehead atoms. The molecule has 2 atom stereocenters. The fourth-order valence-electron chi connectivity index (χ4n) is 2.15. The maximum atomic E-state index is 11.4. The van der Waals surface area contributed by atoms with Crippen LogP contribution in [0.2, 0.25) is 0 Å². The predicted octanol–water partition coefficient (Wildman–Crippen LogP) is 1.16. The lowest BCUT2D eigenvalue weighted by atomic mass is 9.85. The lowest BCUT2D eigenvalue weighted by molar-refractivity contribution is -0.146. The Bertz CT molecular complexity index is 267. The molecule has 72 valence electrons. The number of aliphatic hydroxyl groups excluding tert-OH is 1. The van der Waals surface area contributed by atoms with Crippen LogP contribution in [-0.2, 0) is 9.53 Å². The van der Waals surface area contributed by atoms with Crippen LogP contribution in [0.25, 0.3) is 0 Å². The van der Waals surface area contributed by atoms with Gasteiger partial charge in [0.1, 0.15) is 6.10 Å². The van der Waals surface area contributed by atoms with Crippen molar-refractivity contribution in [1.82, 2.24) is 0 Å². The summed E-state index contributed by atoms with van der Waals surface area (Å²) in [5.41, 5.74) is 1.66. The van der Waals surface area contributed by atoms with Crippen molar-refractivity contribution in [1.29, 1.82) is 0 Å². The Balaban J connectivity index is 2.32. The Hall–Kier alpha value is -0.830. The number of rotatable bonds is 0. The number of hydrogen-bond acceptors (Lipinski definition) is 3. The monoisotopic (exact) mass is 182 g/mol. The van der Waals surface area contributed by atoms with Crippen LogP contribution < -0.4 is 0 Å². The van der Waals surface area contributed by atoms with Gasteiger partial charge in [-0.2, -0.15) is 0 Å². The van der Waals surface area contributed by atoms with Gasteiger partial charge in [0, 0.05) is 6.42 Å². The number of esters is 1. The molecule has 3 heteroatoms. The molecule has 0 saturated heterocycles. The van der Waals surface area contributed by atoms with E-state index < -0.39 is 6.10 Å². The highest BCUT2D eigenvalue weighted by Crippen LogP contribution is 2.33. The van der Waals surface area contributed by atoms with Gasteiger partial charge in [0.05, 0.1) is 11.7 Å². The molecule has 0 aromatic rings. The van der Waals surface area contributed by atoms with Gasteiger partial charge >= 0.3 is 5.97 Å². The van der Waals surface area contributed by atoms with Crippen LogP contribution in [-0.4, -0.2) is 23.3 Å². The van der Waals surface area contributed by atoms with Crippen molar-refractivity contribution in [2.45, 2.75) is 44.8 Å². The highest BCUT2D eigenvalue weighted by molar-refractivity contribution is 5.91. The summed E-state index contributed by atoms with van der Waals surface area (Å²) in [5.74, 6) is -0.305. The summed E-state index contributed by atoms with van der Waals surface area (Å²) in [7, 11) is 0. The maximum absolute atomic E-state index is 11.4. The van der Waals surface area contributed by atoms with Gasteiger partial charge in [-0.1, -0.05) is 5.57 Å². The van der Waals surface area contributed by atoms with Gasteiger partial charge in [-0.3, -0.25) is 0 Å². The van der Waals surface area contributed by atoms with E-state index in [1.165, 1.54) is 0 Å². The molecule has 0 unspecified atom stereocenters. The second-order valence-electron chi connectivity index (χ2n) is 3.85. The van der Waals surface area contributed by atoms with Crippen molar-refractivity contribution < 1.29 is 14.6 Å². The van der Waals surface area contributed by atoms with Crippen LogP contribution >= 0.6 is 0 Å². The normalized spacial score (nSPS) is 34.2. The molecule has 1 aliphatic carbocycles. The maximum Gasteiger partial charge on any atom is 0.336 e. The molecule has 0 aromatic heterocycles. The summed E-state index contributed by atoms with van der Waals surface area (Å²) in [5, 5.41) is 9.60. The Kier molecular flexibility index (Phi) is 2.12. The molecule has 0 saturated carbocycles. The number of cyclic esters (lactones) is 1. The first-order valence-electron chi connectivity index (χ1n) is 4.79. The molecule has 0 radical (unpaired) electrons. The molecule has 3 nitrogen and oxygen atoms in total. The minimum absolute atomic E-state index is 0.0171. The van der Waals surface area contributed by atoms with E-state index in [-0.39, 0.29) is 12.1 Å². The van der Waals surface area contributed by atoms with E-state index in [0.29, 0.717) is 12.0 Å². The van der Waals surface area contributed by atoms with E-state index >= 15 is 0 Å². The number of carbonyl (C=O) groups excluding carboxylic acids is 1. The first-order chi connectivity index (χ1) is 6.18. The van der Waals surface area contributed by atoms with Crippen molar-refractivity contribution in [3.63, 3.8) is 0 Å². The summed E-state index contributed by atoms with van der Waals surface area (Å²) in [6, 6.07) is 0. The molecule has 1 aliphatic heterocycles. The number of aliphatic hydroxyl groups is 1. The summed E-state index contributed by atoms with van der Waals surface area (Å²) < 4.78 is 5.07. The second kappa shape index (κ2) is 3.14. The largest absolute Gasteiger partial charge is 0.459 e. The van der Waals surface area contributed by atoms with E-state index in [2.05, 4.69) is 0 Å². The Labute approximate surface area is 77.4 Å². The molecule has 1 heterocycles. The van der Waals surface area contributed by atoms with E-state index in [1.807, 2.05) is 6.92 Å². The van der Waals surface area contributed by atoms with Gasteiger partial charge < -0.3 is 9.84 Å². The fourth-order valence-corrected chi connectivity index (χ4v) is 2.15. The zero-order chi connectivity index (χ0) is 9.42. The second-order valence-corrected chi connectivity index (χ2v) is 3.85. The summed E-state index contributed by atoms with van der Waals surface area (Å²) in [6.07, 6.45) is 2.84. The molecule has 13 heavy (non-hydrogen) atoms. The molecule has 0 aromatic carbocycles. The molecule has 0 fully saturated rings. The van der Waals surface area contributed by atoms with E-state index in [1.54, 1.807) is 0 Å². The van der Waals surface area contributed by atoms with Crippen molar-refractivity contribution in [2.75, 3.05) is 0 Å². The molecule has 2 rings (SSSR count). The average molecular weight is 182 g/mol. The molecule has 2 aliphatic rings. The van der Waals surface area contributed by atoms with Gasteiger partial charge in [0.15, 0.2) is 0 Å². The van der Waals surface area contributed by atoms with Gasteiger partial charge in [-0.05, 0) is 26.2 Å². The van der Waals surface area contributed by atoms with Crippen molar-refractivity contribution in [2.24, 2.45) is 0 Å². The average Bonchev–Trinajstić information content (AvgIpc) is 2.02. The summed E-state index contributed by atoms with van der Waals surface area (Å²) >= 11 is 0. The van der Waals surface area contributed by atoms with Crippen molar-refractivity contribution in [3.05, 3.63) is 11.1 Å². The first kappa shape index (κ1) is 8.75. The van der Waals surface area contributed by atoms with Crippen LogP contribution in [0.3, 0.4) is 0 Å². The topological polar surface area (TPSA) is 46.5 Å². The highest BCUT2D eigenvalue weighted by Gasteiger charge is 2.33. The SMILES string of the molecule is C[C@H]1CC2=C(C(=O)O1)[C@H](O)CCC2. The van der Waals surface area contributed by atoms with E-state index in [4.69, 9.17) is 4.74 Å². The van der Waals surface area contributed by atoms with Crippen molar-refractivity contribution >= 4 is 5.97 Å². The number of hydrogen-bond donors (Lipinski definition) is 1. The predicted molar refractivity (Wildman–Crippen MR) is 47.1 cm³/mol. The first-order valence-corrected chi connectivity index (χ1v) is 4.79. The van der Waals surface area contributed by atoms with Crippen LogP contribution in [0, 0.1) is 0 Å². The standard InChI is InChI=1S/C10H14O3/c1-6-5-7-3-2-4-8(11)9(7)10(12)13-6/h6,8,11H,2-5H2,1H3/t6-,8+/m0/s1. The Morgan fingerprint density at radius 2 is 2.31 bits per heavy atom. The highest BCUT2D eigenvalue weighted by atomic mass is 16.5. The van der Waals surface area contributed by atoms with Gasteiger partial charge in [0.2, 0.25) is 0 Å². The van der Waals surface area contributed by atoms with Gasteiger partial charge in [-0.25, -0.2) is 4.79 Å². The summed E-state index contributed by atoms with van der Waals surface area (Å²) in [6.45, 7) is 1.89. The summed E-state index contributed by atoms with van der Waals surface area (Å²) in [4.78, 5) is 11.4. The lowest BCUT2D eigenvalue weighted by Crippen LogP contribution is -2.32. The molecule has 0 amide bonds. The third-order valence-electron chi connectivity index (χ3n) is 2.73. The van der Waals surface area contributed by atoms with Gasteiger partial charge in [-0.15, -0.1) is 0 Å². The van der Waals surface area contributed by atoms with Crippen LogP contribution in [0.5, 0.6) is 0 Å². The lowest BCUT2D eigenvalue weighted by Gasteiger charge is -2.30. The third kappa shape index (κ3) is 1.48. The molecule has 0 spiro atoms. The Morgan fingerprint density at radius 1 is 1.54 bits per heavy atom. The van der Waals surface area contributed by atoms with Crippen molar-refractivity contribution in [3.8, 4) is 0 Å². The fraction of sp³-hybridized carbons (Fsp3) is 0.700. The van der Waals surface area contributed by atoms with E-state index in [9.17, 15) is 9.90 Å². The van der Waals surface area contributed by atoms with Gasteiger partial charge in [0.25, 0.3) is 0 Å². The number of carbonyl (C=O) groups is 1. The third-order valence-corrected chi connectivity index (χ3v) is 2.73. The zero-order valence-electron chi connectivity index (χ0n) is 7.75. The minimum atomic E-state index is -0.580. The molecular formula is C10H14O3. The van der Waals surface area contributed by atoms with E-state index in [0.717, 1.165) is 24.8 Å². The van der Waals surface area contributed by atoms with Crippen LogP contribution in [0.15, 0.2) is 11.1 Å². The molecule has 1 N–H and O–H groups in total. The zero-order valence-corrected chi connectivity index (χ0v) is 7.75. The Morgan fingerprint density at radius 3 is 3.08 bits per heavy atom.